The third kappa shape index (κ3) is 4.59. The van der Waals surface area contributed by atoms with Gasteiger partial charge in [0.1, 0.15) is 11.9 Å². The van der Waals surface area contributed by atoms with Crippen LogP contribution in [0.3, 0.4) is 0 Å². The second kappa shape index (κ2) is 9.40. The number of ether oxygens (including phenoxy) is 1. The van der Waals surface area contributed by atoms with Gasteiger partial charge in [-0.15, -0.1) is 0 Å². The van der Waals surface area contributed by atoms with E-state index in [-0.39, 0.29) is 0 Å². The predicted octanol–water partition coefficient (Wildman–Crippen LogP) is 5.46. The number of benzene rings is 1. The molecule has 0 unspecified atom stereocenters. The second-order valence-electron chi connectivity index (χ2n) is 7.82. The Kier molecular flexibility index (Phi) is 6.95. The first kappa shape index (κ1) is 19.2. The van der Waals surface area contributed by atoms with Gasteiger partial charge in [-0.1, -0.05) is 26.7 Å². The maximum Gasteiger partial charge on any atom is 0.123 e. The van der Waals surface area contributed by atoms with Gasteiger partial charge in [0, 0.05) is 17.0 Å². The summed E-state index contributed by atoms with van der Waals surface area (Å²) in [6, 6.07) is 4.87. The van der Waals surface area contributed by atoms with E-state index in [0.29, 0.717) is 12.1 Å². The van der Waals surface area contributed by atoms with Crippen molar-refractivity contribution < 1.29 is 4.74 Å². The van der Waals surface area contributed by atoms with E-state index in [4.69, 9.17) is 4.74 Å². The Morgan fingerprint density at radius 3 is 2.65 bits per heavy atom. The predicted molar refractivity (Wildman–Crippen MR) is 109 cm³/mol. The Bertz CT molecular complexity index is 673. The van der Waals surface area contributed by atoms with Gasteiger partial charge in [0.2, 0.25) is 0 Å². The van der Waals surface area contributed by atoms with Crippen LogP contribution in [-0.4, -0.2) is 40.3 Å². The number of hydrogen-bond acceptors (Lipinski definition) is 3. The molecule has 0 bridgehead atoms. The summed E-state index contributed by atoms with van der Waals surface area (Å²) in [4.78, 5) is 2.74. The fourth-order valence-electron chi connectivity index (χ4n) is 4.20. The van der Waals surface area contributed by atoms with Crippen molar-refractivity contribution in [1.29, 1.82) is 0 Å². The first-order valence-corrected chi connectivity index (χ1v) is 10.6. The molecule has 1 aliphatic carbocycles. The summed E-state index contributed by atoms with van der Waals surface area (Å²) in [6.45, 7) is 9.21. The molecule has 1 saturated carbocycles. The van der Waals surface area contributed by atoms with Crippen LogP contribution in [0.4, 0.5) is 0 Å². The average Bonchev–Trinajstić information content (AvgIpc) is 3.14. The van der Waals surface area contributed by atoms with Gasteiger partial charge in [0.25, 0.3) is 0 Å². The Hall–Kier alpha value is -1.55. The molecule has 1 aromatic carbocycles. The molecule has 0 saturated heterocycles. The number of H-pyrrole nitrogens is 1. The average molecular weight is 358 g/mol. The summed E-state index contributed by atoms with van der Waals surface area (Å²) in [5, 5.41) is 8.36. The molecule has 26 heavy (non-hydrogen) atoms. The first-order valence-electron chi connectivity index (χ1n) is 10.6. The Balaban J connectivity index is 1.65. The van der Waals surface area contributed by atoms with Gasteiger partial charge in [-0.3, -0.25) is 5.10 Å². The van der Waals surface area contributed by atoms with Crippen molar-refractivity contribution in [3.63, 3.8) is 0 Å². The second-order valence-corrected chi connectivity index (χ2v) is 7.82. The van der Waals surface area contributed by atoms with E-state index in [1.54, 1.807) is 0 Å². The highest BCUT2D eigenvalue weighted by Gasteiger charge is 2.27. The van der Waals surface area contributed by atoms with E-state index in [1.165, 1.54) is 69.0 Å². The van der Waals surface area contributed by atoms with E-state index in [0.717, 1.165) is 17.7 Å². The number of nitrogens with zero attached hydrogens (tertiary/aromatic N) is 2. The fourth-order valence-corrected chi connectivity index (χ4v) is 4.20. The Labute approximate surface area is 158 Å². The quantitative estimate of drug-likeness (QED) is 0.647. The number of hydrogen-bond donors (Lipinski definition) is 1. The van der Waals surface area contributed by atoms with Crippen molar-refractivity contribution in [1.82, 2.24) is 15.1 Å². The first-order chi connectivity index (χ1) is 12.7. The van der Waals surface area contributed by atoms with Crippen LogP contribution in [0.2, 0.25) is 0 Å². The number of unbranched alkanes of at least 4 members (excludes halogenated alkanes) is 2. The normalized spacial score (nSPS) is 20.8. The van der Waals surface area contributed by atoms with Gasteiger partial charge in [-0.2, -0.15) is 5.10 Å². The van der Waals surface area contributed by atoms with Crippen LogP contribution in [0, 0.1) is 6.92 Å². The van der Waals surface area contributed by atoms with Crippen LogP contribution in [-0.2, 0) is 0 Å². The lowest BCUT2D eigenvalue weighted by Crippen LogP contribution is -2.42. The highest BCUT2D eigenvalue weighted by Crippen LogP contribution is 2.31. The molecular weight excluding hydrogens is 322 g/mol. The Morgan fingerprint density at radius 2 is 1.92 bits per heavy atom. The van der Waals surface area contributed by atoms with Gasteiger partial charge in [0.05, 0.1) is 11.7 Å². The van der Waals surface area contributed by atoms with Crippen molar-refractivity contribution in [2.75, 3.05) is 13.1 Å². The maximum atomic E-state index is 6.48. The molecule has 0 aliphatic heterocycles. The lowest BCUT2D eigenvalue weighted by atomic mass is 9.91. The summed E-state index contributed by atoms with van der Waals surface area (Å²) in [6.07, 6.45) is 12.3. The van der Waals surface area contributed by atoms with Crippen LogP contribution in [0.15, 0.2) is 18.3 Å². The maximum absolute atomic E-state index is 6.48. The molecule has 1 aromatic heterocycles. The van der Waals surface area contributed by atoms with Crippen molar-refractivity contribution in [3.05, 3.63) is 23.9 Å². The van der Waals surface area contributed by atoms with Crippen molar-refractivity contribution in [2.24, 2.45) is 0 Å². The van der Waals surface area contributed by atoms with Gasteiger partial charge >= 0.3 is 0 Å². The summed E-state index contributed by atoms with van der Waals surface area (Å²) in [5.41, 5.74) is 2.29. The molecule has 144 valence electrons. The van der Waals surface area contributed by atoms with Crippen LogP contribution >= 0.6 is 0 Å². The minimum Gasteiger partial charge on any atom is -0.490 e. The Morgan fingerprint density at radius 1 is 1.15 bits per heavy atom. The molecule has 0 spiro atoms. The summed E-state index contributed by atoms with van der Waals surface area (Å²) in [7, 11) is 0. The molecule has 4 heteroatoms. The highest BCUT2D eigenvalue weighted by molar-refractivity contribution is 5.83. The number of aryl methyl sites for hydroxylation is 1. The number of aromatic amines is 1. The molecule has 2 atom stereocenters. The smallest absolute Gasteiger partial charge is 0.123 e. The lowest BCUT2D eigenvalue weighted by Gasteiger charge is -2.38. The van der Waals surface area contributed by atoms with E-state index in [2.05, 4.69) is 48.0 Å². The van der Waals surface area contributed by atoms with E-state index < -0.39 is 0 Å². The summed E-state index contributed by atoms with van der Waals surface area (Å²) in [5.74, 6) is 1.03. The van der Waals surface area contributed by atoms with Crippen LogP contribution < -0.4 is 4.74 Å². The number of nitrogens with one attached hydrogen (secondary N) is 1. The zero-order valence-corrected chi connectivity index (χ0v) is 16.8. The molecular formula is C22H35N3O. The molecule has 1 fully saturated rings. The molecule has 2 aromatic rings. The monoisotopic (exact) mass is 357 g/mol. The number of rotatable bonds is 9. The molecule has 0 radical (unpaired) electrons. The lowest BCUT2D eigenvalue weighted by molar-refractivity contribution is 0.0741. The highest BCUT2D eigenvalue weighted by atomic mass is 16.5. The molecule has 3 rings (SSSR count). The fraction of sp³-hybridized carbons (Fsp3) is 0.682. The van der Waals surface area contributed by atoms with Crippen molar-refractivity contribution in [2.45, 2.75) is 84.3 Å². The zero-order chi connectivity index (χ0) is 18.4. The van der Waals surface area contributed by atoms with Gasteiger partial charge in [0.15, 0.2) is 0 Å². The van der Waals surface area contributed by atoms with Gasteiger partial charge in [-0.05, 0) is 70.7 Å². The SMILES string of the molecule is CCCCN(CCCC)[C@@H]1CCC[C@H](Oc2ccc3[nH]ncc3c2C)C1. The topological polar surface area (TPSA) is 41.1 Å². The third-order valence-corrected chi connectivity index (χ3v) is 5.85. The molecule has 1 heterocycles. The molecule has 1 N–H and O–H groups in total. The van der Waals surface area contributed by atoms with Crippen molar-refractivity contribution >= 4 is 10.9 Å². The third-order valence-electron chi connectivity index (χ3n) is 5.85. The zero-order valence-electron chi connectivity index (χ0n) is 16.8. The van der Waals surface area contributed by atoms with E-state index >= 15 is 0 Å². The van der Waals surface area contributed by atoms with Crippen LogP contribution in [0.5, 0.6) is 5.75 Å². The van der Waals surface area contributed by atoms with Crippen LogP contribution in [0.25, 0.3) is 10.9 Å². The molecule has 4 nitrogen and oxygen atoms in total. The van der Waals surface area contributed by atoms with Gasteiger partial charge in [-0.25, -0.2) is 0 Å². The number of fused-ring (bicyclic) bond motifs is 1. The molecule has 0 amide bonds. The van der Waals surface area contributed by atoms with Crippen LogP contribution in [0.1, 0.15) is 70.8 Å². The van der Waals surface area contributed by atoms with Crippen molar-refractivity contribution in [3.8, 4) is 5.75 Å². The standard InChI is InChI=1S/C22H35N3O/c1-4-6-13-25(14-7-5-2)18-9-8-10-19(15-18)26-22-12-11-21-20(17(22)3)16-23-24-21/h11-12,16,18-19H,4-10,13-15H2,1-3H3,(H,23,24)/t18-,19+/m1/s1. The van der Waals surface area contributed by atoms with E-state index in [9.17, 15) is 0 Å². The number of aromatic nitrogens is 2. The minimum atomic E-state index is 0.336. The van der Waals surface area contributed by atoms with Gasteiger partial charge < -0.3 is 9.64 Å². The minimum absolute atomic E-state index is 0.336. The molecule has 1 aliphatic rings. The van der Waals surface area contributed by atoms with E-state index in [1.807, 2.05) is 6.20 Å². The largest absolute Gasteiger partial charge is 0.490 e. The summed E-state index contributed by atoms with van der Waals surface area (Å²) < 4.78 is 6.48. The summed E-state index contributed by atoms with van der Waals surface area (Å²) >= 11 is 0.